The summed E-state index contributed by atoms with van der Waals surface area (Å²) >= 11 is 0. The molecule has 4 aliphatic rings. The topological polar surface area (TPSA) is 19.0 Å². The summed E-state index contributed by atoms with van der Waals surface area (Å²) in [7, 11) is 0. The number of allylic oxidation sites excluding steroid dienone is 2. The molecule has 2 heteroatoms. The Morgan fingerprint density at radius 2 is 2.14 bits per heavy atom. The Hall–Kier alpha value is -1.70. The molecule has 5 rings (SSSR count). The fourth-order valence-electron chi connectivity index (χ4n) is 5.39. The molecule has 2 aliphatic carbocycles. The lowest BCUT2D eigenvalue weighted by Gasteiger charge is -2.45. The SMILES string of the molecule is C=CC1=CN2CCc3c([nH]c4c3=CCCC=4)C2C2CCCC12. The molecule has 3 atom stereocenters. The Morgan fingerprint density at radius 3 is 3.05 bits per heavy atom. The summed E-state index contributed by atoms with van der Waals surface area (Å²) in [4.78, 5) is 6.42. The summed E-state index contributed by atoms with van der Waals surface area (Å²) in [5, 5.41) is 2.92. The van der Waals surface area contributed by atoms with Gasteiger partial charge < -0.3 is 9.88 Å². The molecule has 1 aromatic heterocycles. The van der Waals surface area contributed by atoms with E-state index in [2.05, 4.69) is 40.9 Å². The second kappa shape index (κ2) is 4.65. The van der Waals surface area contributed by atoms with E-state index < -0.39 is 0 Å². The Balaban J connectivity index is 1.70. The molecule has 0 aromatic carbocycles. The van der Waals surface area contributed by atoms with E-state index in [1.54, 1.807) is 5.56 Å². The molecule has 0 saturated heterocycles. The highest BCUT2D eigenvalue weighted by Crippen LogP contribution is 2.50. The minimum atomic E-state index is 0.576. The number of nitrogens with one attached hydrogen (secondary N) is 1. The zero-order valence-electron chi connectivity index (χ0n) is 13.1. The molecule has 3 heterocycles. The highest BCUT2D eigenvalue weighted by molar-refractivity contribution is 5.45. The van der Waals surface area contributed by atoms with Crippen molar-refractivity contribution in [2.24, 2.45) is 11.8 Å². The van der Waals surface area contributed by atoms with Crippen molar-refractivity contribution in [1.82, 2.24) is 9.88 Å². The van der Waals surface area contributed by atoms with Crippen LogP contribution in [0.5, 0.6) is 0 Å². The van der Waals surface area contributed by atoms with Crippen molar-refractivity contribution in [3.63, 3.8) is 0 Å². The lowest BCUT2D eigenvalue weighted by Crippen LogP contribution is -2.41. The Morgan fingerprint density at radius 1 is 1.23 bits per heavy atom. The molecule has 1 aromatic rings. The number of H-pyrrole nitrogens is 1. The van der Waals surface area contributed by atoms with Gasteiger partial charge in [-0.2, -0.15) is 0 Å². The van der Waals surface area contributed by atoms with Gasteiger partial charge in [0, 0.05) is 23.8 Å². The third-order valence-corrected chi connectivity index (χ3v) is 6.30. The van der Waals surface area contributed by atoms with Gasteiger partial charge in [0.2, 0.25) is 0 Å². The quantitative estimate of drug-likeness (QED) is 0.843. The number of aromatic amines is 1. The van der Waals surface area contributed by atoms with Crippen molar-refractivity contribution >= 4 is 12.2 Å². The number of aromatic nitrogens is 1. The highest BCUT2D eigenvalue weighted by Gasteiger charge is 2.44. The summed E-state index contributed by atoms with van der Waals surface area (Å²) in [5.74, 6) is 1.51. The number of rotatable bonds is 1. The van der Waals surface area contributed by atoms with Crippen LogP contribution in [0.1, 0.15) is 49.4 Å². The first kappa shape index (κ1) is 12.8. The largest absolute Gasteiger partial charge is 0.368 e. The Bertz CT molecular complexity index is 779. The van der Waals surface area contributed by atoms with E-state index in [0.29, 0.717) is 6.04 Å². The first-order valence-electron chi connectivity index (χ1n) is 8.88. The van der Waals surface area contributed by atoms with Crippen LogP contribution in [-0.2, 0) is 6.42 Å². The maximum Gasteiger partial charge on any atom is 0.0723 e. The van der Waals surface area contributed by atoms with E-state index >= 15 is 0 Å². The summed E-state index contributed by atoms with van der Waals surface area (Å²) in [6.07, 6.45) is 17.0. The van der Waals surface area contributed by atoms with Crippen LogP contribution in [0, 0.1) is 11.8 Å². The number of fused-ring (bicyclic) bond motifs is 7. The van der Waals surface area contributed by atoms with E-state index in [-0.39, 0.29) is 0 Å². The average molecular weight is 292 g/mol. The standard InChI is InChI=1S/C20H24N2/c1-2-13-12-22-11-10-16-15-6-3-4-9-18(15)21-19(16)20(22)17-8-5-7-14(13)17/h2,6,9,12,14,17,20-21H,1,3-5,7-8,10-11H2. The predicted molar refractivity (Wildman–Crippen MR) is 90.5 cm³/mol. The van der Waals surface area contributed by atoms with Gasteiger partial charge in [-0.05, 0) is 60.3 Å². The first-order chi connectivity index (χ1) is 10.9. The first-order valence-corrected chi connectivity index (χ1v) is 8.88. The van der Waals surface area contributed by atoms with Gasteiger partial charge in [0.15, 0.2) is 0 Å². The van der Waals surface area contributed by atoms with E-state index in [1.165, 1.54) is 60.4 Å². The zero-order valence-corrected chi connectivity index (χ0v) is 13.1. The van der Waals surface area contributed by atoms with E-state index in [4.69, 9.17) is 0 Å². The minimum Gasteiger partial charge on any atom is -0.368 e. The molecule has 0 bridgehead atoms. The van der Waals surface area contributed by atoms with Crippen molar-refractivity contribution in [2.75, 3.05) is 6.54 Å². The second-order valence-electron chi connectivity index (χ2n) is 7.30. The molecular formula is C20H24N2. The van der Waals surface area contributed by atoms with Crippen molar-refractivity contribution in [1.29, 1.82) is 0 Å². The molecule has 2 nitrogen and oxygen atoms in total. The lowest BCUT2D eigenvalue weighted by molar-refractivity contribution is 0.144. The van der Waals surface area contributed by atoms with E-state index in [1.807, 2.05) is 0 Å². The third kappa shape index (κ3) is 1.61. The fourth-order valence-corrected chi connectivity index (χ4v) is 5.39. The molecule has 0 radical (unpaired) electrons. The minimum absolute atomic E-state index is 0.576. The molecule has 2 aliphatic heterocycles. The van der Waals surface area contributed by atoms with E-state index in [9.17, 15) is 0 Å². The smallest absolute Gasteiger partial charge is 0.0723 e. The molecule has 1 fully saturated rings. The molecule has 3 unspecified atom stereocenters. The van der Waals surface area contributed by atoms with Crippen LogP contribution in [0.4, 0.5) is 0 Å². The molecule has 1 N–H and O–H groups in total. The van der Waals surface area contributed by atoms with Crippen LogP contribution in [0.25, 0.3) is 12.2 Å². The average Bonchev–Trinajstić information content (AvgIpc) is 3.18. The van der Waals surface area contributed by atoms with Gasteiger partial charge >= 0.3 is 0 Å². The van der Waals surface area contributed by atoms with Gasteiger partial charge in [0.1, 0.15) is 0 Å². The maximum atomic E-state index is 4.07. The number of hydrogen-bond donors (Lipinski definition) is 1. The molecule has 0 amide bonds. The van der Waals surface area contributed by atoms with Crippen molar-refractivity contribution in [3.05, 3.63) is 46.3 Å². The van der Waals surface area contributed by atoms with Gasteiger partial charge in [-0.1, -0.05) is 31.2 Å². The van der Waals surface area contributed by atoms with Gasteiger partial charge in [-0.15, -0.1) is 0 Å². The predicted octanol–water partition coefficient (Wildman–Crippen LogP) is 2.77. The van der Waals surface area contributed by atoms with Gasteiger partial charge in [-0.25, -0.2) is 0 Å². The van der Waals surface area contributed by atoms with E-state index in [0.717, 1.165) is 18.4 Å². The lowest BCUT2D eigenvalue weighted by atomic mass is 9.77. The van der Waals surface area contributed by atoms with Crippen LogP contribution in [0.2, 0.25) is 0 Å². The van der Waals surface area contributed by atoms with Gasteiger partial charge in [-0.3, -0.25) is 0 Å². The molecule has 114 valence electrons. The fraction of sp³-hybridized carbons (Fsp3) is 0.500. The van der Waals surface area contributed by atoms with Crippen LogP contribution in [-0.4, -0.2) is 16.4 Å². The Kier molecular flexibility index (Phi) is 2.70. The van der Waals surface area contributed by atoms with Crippen molar-refractivity contribution in [2.45, 2.75) is 44.6 Å². The monoisotopic (exact) mass is 292 g/mol. The van der Waals surface area contributed by atoms with Crippen molar-refractivity contribution in [3.8, 4) is 0 Å². The summed E-state index contributed by atoms with van der Waals surface area (Å²) in [5.41, 5.74) is 4.63. The number of hydrogen-bond acceptors (Lipinski definition) is 1. The van der Waals surface area contributed by atoms with Crippen LogP contribution in [0.3, 0.4) is 0 Å². The second-order valence-corrected chi connectivity index (χ2v) is 7.30. The molecular weight excluding hydrogens is 268 g/mol. The normalized spacial score (nSPS) is 31.9. The molecule has 1 saturated carbocycles. The van der Waals surface area contributed by atoms with Crippen LogP contribution < -0.4 is 10.6 Å². The summed E-state index contributed by atoms with van der Waals surface area (Å²) < 4.78 is 0. The molecule has 0 spiro atoms. The van der Waals surface area contributed by atoms with Gasteiger partial charge in [0.05, 0.1) is 6.04 Å². The van der Waals surface area contributed by atoms with Gasteiger partial charge in [0.25, 0.3) is 0 Å². The van der Waals surface area contributed by atoms with Crippen LogP contribution >= 0.6 is 0 Å². The van der Waals surface area contributed by atoms with Crippen LogP contribution in [0.15, 0.2) is 24.4 Å². The zero-order chi connectivity index (χ0) is 14.7. The summed E-state index contributed by atoms with van der Waals surface area (Å²) in [6, 6.07) is 0.576. The highest BCUT2D eigenvalue weighted by atomic mass is 15.2. The number of nitrogens with zero attached hydrogens (tertiary/aromatic N) is 1. The van der Waals surface area contributed by atoms with Crippen molar-refractivity contribution < 1.29 is 0 Å². The summed E-state index contributed by atoms with van der Waals surface area (Å²) in [6.45, 7) is 5.23. The Labute approximate surface area is 131 Å². The molecule has 22 heavy (non-hydrogen) atoms. The third-order valence-electron chi connectivity index (χ3n) is 6.30. The maximum absolute atomic E-state index is 4.07.